The maximum Gasteiger partial charge on any atom is 0.0945 e. The number of nitrogens with zero attached hydrogens (tertiary/aromatic N) is 1. The smallest absolute Gasteiger partial charge is 0.0945 e. The van der Waals surface area contributed by atoms with Crippen LogP contribution in [-0.2, 0) is 10.1 Å². The molecule has 0 saturated heterocycles. The molecule has 0 heterocycles. The Bertz CT molecular complexity index is 263. The molecule has 0 spiro atoms. The zero-order valence-corrected chi connectivity index (χ0v) is 10.4. The number of quaternary nitrogens is 1. The number of hydrogen-bond donors (Lipinski definition) is 1. The first kappa shape index (κ1) is 14.8. The third-order valence-electron chi connectivity index (χ3n) is 2.38. The Morgan fingerprint density at radius 3 is 2.13 bits per heavy atom. The van der Waals surface area contributed by atoms with E-state index in [0.29, 0.717) is 13.0 Å². The Labute approximate surface area is 92.6 Å². The Balaban J connectivity index is 3.66. The van der Waals surface area contributed by atoms with Crippen LogP contribution in [0.15, 0.2) is 0 Å². The van der Waals surface area contributed by atoms with Gasteiger partial charge in [-0.05, 0) is 19.4 Å². The molecule has 5 nitrogen and oxygen atoms in total. The van der Waals surface area contributed by atoms with Crippen molar-refractivity contribution in [2.45, 2.75) is 19.3 Å². The van der Waals surface area contributed by atoms with Crippen LogP contribution >= 0.6 is 0 Å². The van der Waals surface area contributed by atoms with E-state index in [0.717, 1.165) is 30.4 Å². The maximum absolute atomic E-state index is 10.4. The van der Waals surface area contributed by atoms with Crippen LogP contribution in [0.1, 0.15) is 19.3 Å². The second-order valence-corrected chi connectivity index (χ2v) is 6.02. The van der Waals surface area contributed by atoms with Gasteiger partial charge < -0.3 is 14.8 Å². The van der Waals surface area contributed by atoms with Crippen LogP contribution in [0.4, 0.5) is 0 Å². The highest BCUT2D eigenvalue weighted by atomic mass is 32.2. The molecule has 0 rings (SSSR count). The summed E-state index contributed by atoms with van der Waals surface area (Å²) in [5, 5.41) is 0. The quantitative estimate of drug-likeness (QED) is 0.359. The first-order valence-electron chi connectivity index (χ1n) is 5.22. The molecule has 0 atom stereocenters. The third kappa shape index (κ3) is 10.1. The molecule has 0 fully saturated rings. The predicted octanol–water partition coefficient (Wildman–Crippen LogP) is -0.263. The first-order valence-corrected chi connectivity index (χ1v) is 6.80. The fourth-order valence-electron chi connectivity index (χ4n) is 1.45. The molecule has 0 saturated carbocycles. The second-order valence-electron chi connectivity index (χ2n) is 4.49. The molecule has 92 valence electrons. The summed E-state index contributed by atoms with van der Waals surface area (Å²) in [5.41, 5.74) is 5.42. The van der Waals surface area contributed by atoms with Crippen molar-refractivity contribution < 1.29 is 17.5 Å². The molecule has 0 aliphatic rings. The van der Waals surface area contributed by atoms with Gasteiger partial charge in [-0.1, -0.05) is 0 Å². The van der Waals surface area contributed by atoms with Crippen LogP contribution in [0, 0.1) is 0 Å². The summed E-state index contributed by atoms with van der Waals surface area (Å²) in [4.78, 5) is 0. The topological polar surface area (TPSA) is 83.2 Å². The predicted molar refractivity (Wildman–Crippen MR) is 59.3 cm³/mol. The van der Waals surface area contributed by atoms with Gasteiger partial charge in [0.1, 0.15) is 0 Å². The van der Waals surface area contributed by atoms with Gasteiger partial charge >= 0.3 is 0 Å². The Morgan fingerprint density at radius 2 is 1.67 bits per heavy atom. The first-order chi connectivity index (χ1) is 6.77. The molecule has 0 aromatic carbocycles. The summed E-state index contributed by atoms with van der Waals surface area (Å²) in [7, 11) is 0.134. The summed E-state index contributed by atoms with van der Waals surface area (Å²) in [6.07, 6.45) is 2.18. The van der Waals surface area contributed by atoms with Crippen molar-refractivity contribution in [2.24, 2.45) is 5.73 Å². The minimum absolute atomic E-state index is 0.246. The zero-order chi connectivity index (χ0) is 11.9. The molecule has 2 N–H and O–H groups in total. The molecule has 0 bridgehead atoms. The van der Waals surface area contributed by atoms with E-state index < -0.39 is 10.1 Å². The lowest BCUT2D eigenvalue weighted by molar-refractivity contribution is -0.890. The minimum atomic E-state index is -4.04. The highest BCUT2D eigenvalue weighted by Crippen LogP contribution is 2.03. The summed E-state index contributed by atoms with van der Waals surface area (Å²) >= 11 is 0. The fraction of sp³-hybridized carbons (Fsp3) is 1.00. The van der Waals surface area contributed by atoms with Crippen molar-refractivity contribution in [3.05, 3.63) is 0 Å². The van der Waals surface area contributed by atoms with Crippen molar-refractivity contribution in [3.8, 4) is 0 Å². The average molecular weight is 238 g/mol. The molecule has 0 radical (unpaired) electrons. The van der Waals surface area contributed by atoms with Crippen LogP contribution in [0.25, 0.3) is 0 Å². The average Bonchev–Trinajstić information content (AvgIpc) is 2.08. The number of unbranched alkanes of at least 4 members (excludes halogenated alkanes) is 1. The SMILES string of the molecule is C[N+](C)(CCCN)CCCCS(=O)(=O)[O-]. The van der Waals surface area contributed by atoms with E-state index in [1.54, 1.807) is 0 Å². The lowest BCUT2D eigenvalue weighted by Crippen LogP contribution is -2.42. The lowest BCUT2D eigenvalue weighted by Gasteiger charge is -2.29. The standard InChI is InChI=1S/C9H22N2O3S/c1-11(2,8-5-6-10)7-3-4-9-15(12,13)14/h3-10H2,1-2H3. The van der Waals surface area contributed by atoms with Gasteiger partial charge in [0.2, 0.25) is 0 Å². The Morgan fingerprint density at radius 1 is 1.13 bits per heavy atom. The molecule has 0 unspecified atom stereocenters. The van der Waals surface area contributed by atoms with Crippen molar-refractivity contribution in [1.82, 2.24) is 0 Å². The van der Waals surface area contributed by atoms with Gasteiger partial charge in [-0.15, -0.1) is 0 Å². The molecule has 0 aliphatic carbocycles. The van der Waals surface area contributed by atoms with Crippen LogP contribution in [0.2, 0.25) is 0 Å². The zero-order valence-electron chi connectivity index (χ0n) is 9.61. The van der Waals surface area contributed by atoms with Gasteiger partial charge in [-0.2, -0.15) is 0 Å². The van der Waals surface area contributed by atoms with Gasteiger partial charge in [0.05, 0.1) is 37.3 Å². The molecular weight excluding hydrogens is 216 g/mol. The van der Waals surface area contributed by atoms with Gasteiger partial charge in [-0.25, -0.2) is 8.42 Å². The summed E-state index contributed by atoms with van der Waals surface area (Å²) in [6.45, 7) is 2.55. The molecule has 0 aliphatic heterocycles. The van der Waals surface area contributed by atoms with Crippen molar-refractivity contribution in [1.29, 1.82) is 0 Å². The second kappa shape index (κ2) is 6.42. The molecule has 0 aromatic rings. The van der Waals surface area contributed by atoms with E-state index in [1.807, 2.05) is 0 Å². The van der Waals surface area contributed by atoms with Crippen LogP contribution < -0.4 is 5.73 Å². The fourth-order valence-corrected chi connectivity index (χ4v) is 2.01. The van der Waals surface area contributed by atoms with E-state index >= 15 is 0 Å². The van der Waals surface area contributed by atoms with E-state index in [2.05, 4.69) is 14.1 Å². The van der Waals surface area contributed by atoms with Gasteiger partial charge in [-0.3, -0.25) is 0 Å². The van der Waals surface area contributed by atoms with Crippen molar-refractivity contribution in [2.75, 3.05) is 39.5 Å². The summed E-state index contributed by atoms with van der Waals surface area (Å²) in [5.74, 6) is -0.246. The number of rotatable bonds is 8. The van der Waals surface area contributed by atoms with Gasteiger partial charge in [0, 0.05) is 12.2 Å². The van der Waals surface area contributed by atoms with Crippen molar-refractivity contribution in [3.63, 3.8) is 0 Å². The van der Waals surface area contributed by atoms with E-state index in [1.165, 1.54) is 0 Å². The summed E-state index contributed by atoms with van der Waals surface area (Å²) in [6, 6.07) is 0. The summed E-state index contributed by atoms with van der Waals surface area (Å²) < 4.78 is 31.9. The monoisotopic (exact) mass is 238 g/mol. The van der Waals surface area contributed by atoms with Crippen LogP contribution in [0.5, 0.6) is 0 Å². The van der Waals surface area contributed by atoms with E-state index in [-0.39, 0.29) is 5.75 Å². The molecule has 0 amide bonds. The van der Waals surface area contributed by atoms with Gasteiger partial charge in [0.25, 0.3) is 0 Å². The molecular formula is C9H22N2O3S. The largest absolute Gasteiger partial charge is 0.748 e. The maximum atomic E-state index is 10.4. The third-order valence-corrected chi connectivity index (χ3v) is 3.16. The highest BCUT2D eigenvalue weighted by Gasteiger charge is 2.13. The van der Waals surface area contributed by atoms with Crippen LogP contribution in [0.3, 0.4) is 0 Å². The van der Waals surface area contributed by atoms with Crippen LogP contribution in [-0.4, -0.2) is 56.9 Å². The minimum Gasteiger partial charge on any atom is -0.748 e. The molecule has 6 heteroatoms. The molecule has 15 heavy (non-hydrogen) atoms. The van der Waals surface area contributed by atoms with Crippen molar-refractivity contribution >= 4 is 10.1 Å². The number of nitrogens with two attached hydrogens (primary N) is 1. The highest BCUT2D eigenvalue weighted by molar-refractivity contribution is 7.85. The lowest BCUT2D eigenvalue weighted by atomic mass is 10.2. The Hall–Kier alpha value is -0.170. The van der Waals surface area contributed by atoms with E-state index in [9.17, 15) is 13.0 Å². The Kier molecular flexibility index (Phi) is 6.35. The van der Waals surface area contributed by atoms with E-state index in [4.69, 9.17) is 5.73 Å². The van der Waals surface area contributed by atoms with Gasteiger partial charge in [0.15, 0.2) is 0 Å². The normalized spacial score (nSPS) is 13.1. The molecule has 0 aromatic heterocycles. The number of hydrogen-bond acceptors (Lipinski definition) is 4.